The van der Waals surface area contributed by atoms with Crippen LogP contribution in [0.5, 0.6) is 0 Å². The summed E-state index contributed by atoms with van der Waals surface area (Å²) in [5, 5.41) is 2.34. The van der Waals surface area contributed by atoms with E-state index in [4.69, 9.17) is 11.6 Å². The second-order valence-electron chi connectivity index (χ2n) is 6.54. The first kappa shape index (κ1) is 12.9. The van der Waals surface area contributed by atoms with Crippen LogP contribution in [-0.2, 0) is 25.3 Å². The molecule has 4 heteroatoms. The molecule has 2 aliphatic heterocycles. The molecular formula is C17H19ClN2S. The summed E-state index contributed by atoms with van der Waals surface area (Å²) in [5.74, 6) is 2.32. The van der Waals surface area contributed by atoms with Gasteiger partial charge in [0.15, 0.2) is 0 Å². The highest BCUT2D eigenvalue weighted by Crippen LogP contribution is 2.40. The molecule has 21 heavy (non-hydrogen) atoms. The summed E-state index contributed by atoms with van der Waals surface area (Å²) in [6, 6.07) is 5.25. The van der Waals surface area contributed by atoms with E-state index >= 15 is 0 Å². The highest BCUT2D eigenvalue weighted by atomic mass is 35.5. The van der Waals surface area contributed by atoms with Crippen molar-refractivity contribution in [1.82, 2.24) is 9.47 Å². The van der Waals surface area contributed by atoms with Gasteiger partial charge in [-0.15, -0.1) is 0 Å². The first-order chi connectivity index (χ1) is 10.3. The number of aryl methyl sites for hydroxylation is 1. The van der Waals surface area contributed by atoms with Crippen molar-refractivity contribution in [3.63, 3.8) is 0 Å². The largest absolute Gasteiger partial charge is 0.343 e. The van der Waals surface area contributed by atoms with Crippen LogP contribution in [0.2, 0.25) is 5.02 Å². The van der Waals surface area contributed by atoms with Crippen molar-refractivity contribution in [3.8, 4) is 0 Å². The Balaban J connectivity index is 1.75. The van der Waals surface area contributed by atoms with Crippen molar-refractivity contribution in [3.05, 3.63) is 34.0 Å². The molecule has 1 aromatic carbocycles. The number of aromatic nitrogens is 1. The molecule has 110 valence electrons. The van der Waals surface area contributed by atoms with Gasteiger partial charge in [0.1, 0.15) is 0 Å². The summed E-state index contributed by atoms with van der Waals surface area (Å²) in [6.07, 6.45) is 4.01. The molecule has 0 unspecified atom stereocenters. The van der Waals surface area contributed by atoms with E-state index in [9.17, 15) is 0 Å². The Morgan fingerprint density at radius 2 is 2.10 bits per heavy atom. The molecule has 3 heterocycles. The summed E-state index contributed by atoms with van der Waals surface area (Å²) < 4.78 is 2.61. The first-order valence-electron chi connectivity index (χ1n) is 7.95. The van der Waals surface area contributed by atoms with Crippen molar-refractivity contribution < 1.29 is 0 Å². The predicted octanol–water partition coefficient (Wildman–Crippen LogP) is 4.06. The number of hydrogen-bond acceptors (Lipinski definition) is 2. The summed E-state index contributed by atoms with van der Waals surface area (Å²) in [7, 11) is 0. The predicted molar refractivity (Wildman–Crippen MR) is 90.2 cm³/mol. The third-order valence-corrected chi connectivity index (χ3v) is 6.40. The Labute approximate surface area is 134 Å². The molecule has 0 radical (unpaired) electrons. The number of thioether (sulfide) groups is 1. The molecule has 1 fully saturated rings. The fourth-order valence-electron chi connectivity index (χ4n) is 4.10. The van der Waals surface area contributed by atoms with Crippen molar-refractivity contribution in [1.29, 1.82) is 0 Å². The van der Waals surface area contributed by atoms with Gasteiger partial charge in [-0.2, -0.15) is 11.8 Å². The van der Waals surface area contributed by atoms with E-state index in [-0.39, 0.29) is 0 Å². The zero-order valence-corrected chi connectivity index (χ0v) is 13.6. The van der Waals surface area contributed by atoms with Gasteiger partial charge in [-0.3, -0.25) is 4.90 Å². The number of rotatable bonds is 1. The maximum absolute atomic E-state index is 6.41. The smallest absolute Gasteiger partial charge is 0.0528 e. The molecule has 3 aliphatic rings. The zero-order valence-electron chi connectivity index (χ0n) is 12.1. The van der Waals surface area contributed by atoms with Crippen molar-refractivity contribution in [2.75, 3.05) is 12.3 Å². The van der Waals surface area contributed by atoms with Gasteiger partial charge in [0.25, 0.3) is 0 Å². The molecule has 0 N–H and O–H groups in total. The van der Waals surface area contributed by atoms with Gasteiger partial charge in [0.2, 0.25) is 0 Å². The molecule has 0 saturated heterocycles. The van der Waals surface area contributed by atoms with Gasteiger partial charge in [-0.25, -0.2) is 0 Å². The van der Waals surface area contributed by atoms with Crippen LogP contribution in [0.4, 0.5) is 0 Å². The Bertz CT molecular complexity index is 732. The SMILES string of the molecule is Clc1cc2c3c(c1)c1c(n3CCSC2)CCN(C2CC2)C1. The summed E-state index contributed by atoms with van der Waals surface area (Å²) in [4.78, 5) is 2.69. The van der Waals surface area contributed by atoms with Gasteiger partial charge >= 0.3 is 0 Å². The van der Waals surface area contributed by atoms with E-state index in [2.05, 4.69) is 21.6 Å². The number of benzene rings is 1. The second-order valence-corrected chi connectivity index (χ2v) is 8.08. The molecule has 2 aromatic rings. The lowest BCUT2D eigenvalue weighted by Crippen LogP contribution is -2.32. The molecule has 5 rings (SSSR count). The minimum atomic E-state index is 0.860. The third-order valence-electron chi connectivity index (χ3n) is 5.20. The van der Waals surface area contributed by atoms with Crippen molar-refractivity contribution in [2.45, 2.75) is 44.1 Å². The second kappa shape index (κ2) is 4.68. The van der Waals surface area contributed by atoms with Crippen LogP contribution in [0.3, 0.4) is 0 Å². The lowest BCUT2D eigenvalue weighted by molar-refractivity contribution is 0.242. The van der Waals surface area contributed by atoms with E-state index in [1.54, 1.807) is 11.3 Å². The lowest BCUT2D eigenvalue weighted by Gasteiger charge is -2.28. The molecule has 0 spiro atoms. The summed E-state index contributed by atoms with van der Waals surface area (Å²) in [5.41, 5.74) is 6.08. The van der Waals surface area contributed by atoms with Gasteiger partial charge in [0, 0.05) is 59.7 Å². The fourth-order valence-corrected chi connectivity index (χ4v) is 5.23. The Hall–Kier alpha value is -0.640. The fraction of sp³-hybridized carbons (Fsp3) is 0.529. The van der Waals surface area contributed by atoms with Crippen molar-refractivity contribution in [2.24, 2.45) is 0 Å². The minimum absolute atomic E-state index is 0.860. The van der Waals surface area contributed by atoms with Crippen LogP contribution in [-0.4, -0.2) is 27.8 Å². The summed E-state index contributed by atoms with van der Waals surface area (Å²) in [6.45, 7) is 3.54. The van der Waals surface area contributed by atoms with E-state index in [1.807, 2.05) is 11.8 Å². The molecule has 1 aromatic heterocycles. The number of nitrogens with zero attached hydrogens (tertiary/aromatic N) is 2. The molecule has 0 bridgehead atoms. The average molecular weight is 319 g/mol. The highest BCUT2D eigenvalue weighted by molar-refractivity contribution is 7.98. The molecule has 1 saturated carbocycles. The number of fused-ring (bicyclic) bond motifs is 3. The van der Waals surface area contributed by atoms with E-state index in [0.717, 1.165) is 29.9 Å². The van der Waals surface area contributed by atoms with Crippen LogP contribution in [0.25, 0.3) is 10.9 Å². The van der Waals surface area contributed by atoms with E-state index < -0.39 is 0 Å². The van der Waals surface area contributed by atoms with Crippen LogP contribution < -0.4 is 0 Å². The summed E-state index contributed by atoms with van der Waals surface area (Å²) >= 11 is 8.45. The molecule has 0 amide bonds. The van der Waals surface area contributed by atoms with Gasteiger partial charge in [-0.1, -0.05) is 11.6 Å². The minimum Gasteiger partial charge on any atom is -0.343 e. The molecule has 2 nitrogen and oxygen atoms in total. The van der Waals surface area contributed by atoms with Crippen LogP contribution in [0, 0.1) is 0 Å². The van der Waals surface area contributed by atoms with Crippen LogP contribution >= 0.6 is 23.4 Å². The Morgan fingerprint density at radius 1 is 1.19 bits per heavy atom. The lowest BCUT2D eigenvalue weighted by atomic mass is 10.0. The maximum atomic E-state index is 6.41. The Kier molecular flexibility index (Phi) is 2.86. The topological polar surface area (TPSA) is 8.17 Å². The average Bonchev–Trinajstić information content (AvgIpc) is 3.29. The van der Waals surface area contributed by atoms with Gasteiger partial charge < -0.3 is 4.57 Å². The highest BCUT2D eigenvalue weighted by Gasteiger charge is 2.34. The van der Waals surface area contributed by atoms with E-state index in [1.165, 1.54) is 48.0 Å². The van der Waals surface area contributed by atoms with Gasteiger partial charge in [-0.05, 0) is 36.1 Å². The Morgan fingerprint density at radius 3 is 2.95 bits per heavy atom. The standard InChI is InChI=1S/C17H19ClN2S/c18-12-7-11-10-21-6-5-20-16-3-4-19(13-1-2-13)9-15(16)14(8-12)17(11)20/h7-8,13H,1-6,9-10H2. The maximum Gasteiger partial charge on any atom is 0.0528 e. The van der Waals surface area contributed by atoms with Gasteiger partial charge in [0.05, 0.1) is 5.52 Å². The number of hydrogen-bond donors (Lipinski definition) is 0. The van der Waals surface area contributed by atoms with Crippen LogP contribution in [0.1, 0.15) is 29.7 Å². The van der Waals surface area contributed by atoms with Crippen LogP contribution in [0.15, 0.2) is 12.1 Å². The number of halogens is 1. The van der Waals surface area contributed by atoms with Crippen molar-refractivity contribution >= 4 is 34.3 Å². The normalized spacial score (nSPS) is 22.3. The molecule has 1 aliphatic carbocycles. The monoisotopic (exact) mass is 318 g/mol. The molecule has 0 atom stereocenters. The molecular weight excluding hydrogens is 300 g/mol. The van der Waals surface area contributed by atoms with E-state index in [0.29, 0.717) is 0 Å². The quantitative estimate of drug-likeness (QED) is 0.783. The first-order valence-corrected chi connectivity index (χ1v) is 9.48. The zero-order chi connectivity index (χ0) is 14.0. The third kappa shape index (κ3) is 1.97.